The zero-order valence-corrected chi connectivity index (χ0v) is 16.8. The number of piperidine rings is 1. The molecule has 0 bridgehead atoms. The van der Waals surface area contributed by atoms with Crippen molar-refractivity contribution in [2.45, 2.75) is 26.2 Å². The van der Waals surface area contributed by atoms with Gasteiger partial charge in [-0.1, -0.05) is 17.7 Å². The average Bonchev–Trinajstić information content (AvgIpc) is 3.31. The smallest absolute Gasteiger partial charge is 0.329 e. The van der Waals surface area contributed by atoms with E-state index in [1.807, 2.05) is 25.1 Å². The van der Waals surface area contributed by atoms with E-state index in [0.29, 0.717) is 11.4 Å². The number of aryl methyl sites for hydroxylation is 1. The lowest BCUT2D eigenvalue weighted by atomic mass is 10.1. The van der Waals surface area contributed by atoms with Crippen molar-refractivity contribution in [1.29, 1.82) is 0 Å². The van der Waals surface area contributed by atoms with Crippen molar-refractivity contribution in [3.8, 4) is 0 Å². The Bertz CT molecular complexity index is 987. The molecule has 0 unspecified atom stereocenters. The number of nitrogens with one attached hydrogen (secondary N) is 2. The summed E-state index contributed by atoms with van der Waals surface area (Å²) in [7, 11) is 0. The Labute approximate surface area is 174 Å². The molecular formula is C22H24N4O4. The molecule has 1 aromatic carbocycles. The summed E-state index contributed by atoms with van der Waals surface area (Å²) in [5, 5.41) is 5.20. The van der Waals surface area contributed by atoms with Crippen molar-refractivity contribution in [2.24, 2.45) is 0 Å². The number of nitrogens with zero attached hydrogens (tertiary/aromatic N) is 2. The molecule has 1 aromatic heterocycles. The van der Waals surface area contributed by atoms with Crippen LogP contribution in [0.25, 0.3) is 6.08 Å². The van der Waals surface area contributed by atoms with Crippen molar-refractivity contribution in [3.05, 3.63) is 53.4 Å². The number of hydrogen-bond donors (Lipinski definition) is 2. The van der Waals surface area contributed by atoms with Crippen LogP contribution in [0.5, 0.6) is 0 Å². The van der Waals surface area contributed by atoms with Gasteiger partial charge in [-0.15, -0.1) is 0 Å². The molecule has 156 valence electrons. The van der Waals surface area contributed by atoms with Crippen LogP contribution in [0.2, 0.25) is 0 Å². The van der Waals surface area contributed by atoms with Crippen molar-refractivity contribution < 1.29 is 18.8 Å². The van der Waals surface area contributed by atoms with E-state index in [0.717, 1.165) is 42.3 Å². The summed E-state index contributed by atoms with van der Waals surface area (Å²) in [6.45, 7) is 3.47. The maximum Gasteiger partial charge on any atom is 0.329 e. The van der Waals surface area contributed by atoms with Crippen LogP contribution in [0.1, 0.15) is 30.6 Å². The number of carbonyl (C=O) groups excluding carboxylic acids is 3. The lowest BCUT2D eigenvalue weighted by Gasteiger charge is -2.25. The summed E-state index contributed by atoms with van der Waals surface area (Å²) in [6.07, 6.45) is 4.98. The highest BCUT2D eigenvalue weighted by atomic mass is 16.4. The van der Waals surface area contributed by atoms with Crippen LogP contribution in [0.3, 0.4) is 0 Å². The third kappa shape index (κ3) is 4.37. The minimum absolute atomic E-state index is 0.0858. The van der Waals surface area contributed by atoms with E-state index in [1.165, 1.54) is 12.5 Å². The average molecular weight is 408 g/mol. The number of carbonyl (C=O) groups is 3. The topological polar surface area (TPSA) is 94.9 Å². The van der Waals surface area contributed by atoms with E-state index < -0.39 is 17.8 Å². The zero-order valence-electron chi connectivity index (χ0n) is 16.8. The van der Waals surface area contributed by atoms with E-state index in [9.17, 15) is 14.4 Å². The highest BCUT2D eigenvalue weighted by Crippen LogP contribution is 2.24. The van der Waals surface area contributed by atoms with Crippen molar-refractivity contribution >= 4 is 35.5 Å². The molecular weight excluding hydrogens is 384 g/mol. The number of urea groups is 1. The fraction of sp³-hybridized carbons (Fsp3) is 0.318. The molecule has 2 fully saturated rings. The van der Waals surface area contributed by atoms with Gasteiger partial charge in [0.05, 0.1) is 0 Å². The molecule has 8 heteroatoms. The molecule has 0 spiro atoms. The maximum atomic E-state index is 12.6. The summed E-state index contributed by atoms with van der Waals surface area (Å²) in [4.78, 5) is 40.1. The van der Waals surface area contributed by atoms with Crippen LogP contribution in [0, 0.1) is 6.92 Å². The van der Waals surface area contributed by atoms with Crippen molar-refractivity contribution in [2.75, 3.05) is 29.9 Å². The summed E-state index contributed by atoms with van der Waals surface area (Å²) in [5.74, 6) is 0.224. The van der Waals surface area contributed by atoms with Gasteiger partial charge in [0.15, 0.2) is 5.88 Å². The van der Waals surface area contributed by atoms with E-state index in [4.69, 9.17) is 4.42 Å². The highest BCUT2D eigenvalue weighted by Gasteiger charge is 2.35. The number of imide groups is 1. The van der Waals surface area contributed by atoms with Crippen LogP contribution in [0.4, 0.5) is 16.4 Å². The van der Waals surface area contributed by atoms with Gasteiger partial charge in [0.2, 0.25) is 5.91 Å². The minimum Gasteiger partial charge on any atom is -0.441 e. The van der Waals surface area contributed by atoms with Crippen molar-refractivity contribution in [3.63, 3.8) is 0 Å². The first kappa shape index (κ1) is 19.8. The molecule has 0 aliphatic carbocycles. The summed E-state index contributed by atoms with van der Waals surface area (Å²) in [5.41, 5.74) is 1.76. The number of rotatable bonds is 5. The van der Waals surface area contributed by atoms with E-state index in [1.54, 1.807) is 18.2 Å². The monoisotopic (exact) mass is 408 g/mol. The first-order valence-electron chi connectivity index (χ1n) is 10.1. The molecule has 0 saturated carbocycles. The highest BCUT2D eigenvalue weighted by molar-refractivity contribution is 6.15. The minimum atomic E-state index is -0.631. The Kier molecular flexibility index (Phi) is 5.56. The first-order valence-corrected chi connectivity index (χ1v) is 10.1. The van der Waals surface area contributed by atoms with E-state index >= 15 is 0 Å². The molecule has 0 atom stereocenters. The summed E-state index contributed by atoms with van der Waals surface area (Å²) >= 11 is 0. The molecule has 30 heavy (non-hydrogen) atoms. The maximum absolute atomic E-state index is 12.6. The molecule has 2 aliphatic heterocycles. The SMILES string of the molecule is Cc1ccc(NC(=O)CN2C(=O)N/C(=C/c3ccc(N4CCCCC4)o3)C2=O)cc1. The van der Waals surface area contributed by atoms with E-state index in [-0.39, 0.29) is 12.2 Å². The van der Waals surface area contributed by atoms with Gasteiger partial charge >= 0.3 is 6.03 Å². The summed E-state index contributed by atoms with van der Waals surface area (Å²) < 4.78 is 5.82. The van der Waals surface area contributed by atoms with Gasteiger partial charge in [0, 0.05) is 30.9 Å². The molecule has 2 aliphatic rings. The summed E-state index contributed by atoms with van der Waals surface area (Å²) in [6, 6.07) is 10.3. The molecule has 0 radical (unpaired) electrons. The van der Waals surface area contributed by atoms with Crippen LogP contribution in [-0.2, 0) is 9.59 Å². The van der Waals surface area contributed by atoms with Gasteiger partial charge in [-0.25, -0.2) is 9.69 Å². The van der Waals surface area contributed by atoms with Gasteiger partial charge < -0.3 is 20.0 Å². The van der Waals surface area contributed by atoms with Crippen LogP contribution in [0.15, 0.2) is 46.5 Å². The Hall–Kier alpha value is -3.55. The van der Waals surface area contributed by atoms with E-state index in [2.05, 4.69) is 15.5 Å². The second-order valence-corrected chi connectivity index (χ2v) is 7.52. The fourth-order valence-corrected chi connectivity index (χ4v) is 3.54. The van der Waals surface area contributed by atoms with Crippen molar-refractivity contribution in [1.82, 2.24) is 10.2 Å². The number of anilines is 2. The quantitative estimate of drug-likeness (QED) is 0.586. The van der Waals surface area contributed by atoms with Gasteiger partial charge in [0.25, 0.3) is 5.91 Å². The van der Waals surface area contributed by atoms with Gasteiger partial charge in [0.1, 0.15) is 18.0 Å². The molecule has 2 N–H and O–H groups in total. The Balaban J connectivity index is 1.40. The Morgan fingerprint density at radius 3 is 2.57 bits per heavy atom. The van der Waals surface area contributed by atoms with Crippen LogP contribution < -0.4 is 15.5 Å². The third-order valence-corrected chi connectivity index (χ3v) is 5.17. The predicted octanol–water partition coefficient (Wildman–Crippen LogP) is 3.11. The molecule has 4 amide bonds. The molecule has 3 heterocycles. The Morgan fingerprint density at radius 2 is 1.83 bits per heavy atom. The molecule has 4 rings (SSSR count). The largest absolute Gasteiger partial charge is 0.441 e. The first-order chi connectivity index (χ1) is 14.5. The second kappa shape index (κ2) is 8.44. The number of amides is 4. The lowest BCUT2D eigenvalue weighted by molar-refractivity contribution is -0.127. The zero-order chi connectivity index (χ0) is 21.1. The van der Waals surface area contributed by atoms with Gasteiger partial charge in [-0.05, 0) is 44.4 Å². The van der Waals surface area contributed by atoms with Crippen LogP contribution >= 0.6 is 0 Å². The van der Waals surface area contributed by atoms with Gasteiger partial charge in [-0.3, -0.25) is 9.59 Å². The lowest BCUT2D eigenvalue weighted by Crippen LogP contribution is -2.38. The normalized spacial score (nSPS) is 18.1. The standard InChI is InChI=1S/C22H24N4O4/c1-15-5-7-16(8-6-15)23-19(27)14-26-21(28)18(24-22(26)29)13-17-9-10-20(30-17)25-11-3-2-4-12-25/h5-10,13H,2-4,11-12,14H2,1H3,(H,23,27)(H,24,29)/b18-13+. The number of hydrogen-bond acceptors (Lipinski definition) is 5. The van der Waals surface area contributed by atoms with Crippen LogP contribution in [-0.4, -0.2) is 42.4 Å². The van der Waals surface area contributed by atoms with Gasteiger partial charge in [-0.2, -0.15) is 0 Å². The number of benzene rings is 1. The fourth-order valence-electron chi connectivity index (χ4n) is 3.54. The predicted molar refractivity (Wildman–Crippen MR) is 113 cm³/mol. The third-order valence-electron chi connectivity index (χ3n) is 5.17. The Morgan fingerprint density at radius 1 is 1.10 bits per heavy atom. The molecule has 8 nitrogen and oxygen atoms in total. The molecule has 2 saturated heterocycles. The second-order valence-electron chi connectivity index (χ2n) is 7.52. The number of furan rings is 1. The molecule has 2 aromatic rings.